The van der Waals surface area contributed by atoms with Gasteiger partial charge in [-0.2, -0.15) is 0 Å². The maximum absolute atomic E-state index is 5.82. The first-order chi connectivity index (χ1) is 14.8. The fourth-order valence-corrected chi connectivity index (χ4v) is 4.31. The average molecular weight is 403 g/mol. The van der Waals surface area contributed by atoms with E-state index in [4.69, 9.17) is 4.74 Å². The van der Waals surface area contributed by atoms with Gasteiger partial charge in [0, 0.05) is 11.5 Å². The van der Waals surface area contributed by atoms with Gasteiger partial charge in [-0.05, 0) is 73.4 Å². The standard InChI is InChI=1S/C29H38O/c1-3-5-7-23-30-29-21-19-28(20-22-29)27-17-15-26(16-18-27)14-13-25-11-9-24(10-12-25)8-6-4-2/h15-22,24-25H,3-12,23H2,1-2H3/t24-,25-. The van der Waals surface area contributed by atoms with Gasteiger partial charge in [0.2, 0.25) is 0 Å². The molecule has 1 saturated carbocycles. The zero-order chi connectivity index (χ0) is 21.0. The lowest BCUT2D eigenvalue weighted by Crippen LogP contribution is -2.13. The van der Waals surface area contributed by atoms with Crippen LogP contribution in [0.2, 0.25) is 0 Å². The van der Waals surface area contributed by atoms with Crippen molar-refractivity contribution in [3.05, 3.63) is 54.1 Å². The zero-order valence-corrected chi connectivity index (χ0v) is 19.0. The molecule has 0 saturated heterocycles. The Morgan fingerprint density at radius 1 is 0.767 bits per heavy atom. The summed E-state index contributed by atoms with van der Waals surface area (Å²) in [5, 5.41) is 0. The molecule has 30 heavy (non-hydrogen) atoms. The van der Waals surface area contributed by atoms with Gasteiger partial charge < -0.3 is 4.74 Å². The lowest BCUT2D eigenvalue weighted by atomic mass is 9.80. The second-order valence-electron chi connectivity index (χ2n) is 8.79. The van der Waals surface area contributed by atoms with E-state index < -0.39 is 0 Å². The molecule has 0 spiro atoms. The maximum atomic E-state index is 5.82. The Hall–Kier alpha value is -2.20. The van der Waals surface area contributed by atoms with Gasteiger partial charge in [-0.15, -0.1) is 0 Å². The molecule has 0 N–H and O–H groups in total. The third kappa shape index (κ3) is 7.24. The second kappa shape index (κ2) is 12.5. The lowest BCUT2D eigenvalue weighted by molar-refractivity contribution is 0.296. The highest BCUT2D eigenvalue weighted by Crippen LogP contribution is 2.31. The molecule has 0 amide bonds. The quantitative estimate of drug-likeness (QED) is 0.303. The molecular formula is C29H38O. The topological polar surface area (TPSA) is 9.23 Å². The molecular weight excluding hydrogens is 364 g/mol. The fourth-order valence-electron chi connectivity index (χ4n) is 4.31. The summed E-state index contributed by atoms with van der Waals surface area (Å²) < 4.78 is 5.82. The second-order valence-corrected chi connectivity index (χ2v) is 8.79. The van der Waals surface area contributed by atoms with Crippen molar-refractivity contribution in [3.8, 4) is 28.7 Å². The average Bonchev–Trinajstić information content (AvgIpc) is 2.81. The largest absolute Gasteiger partial charge is 0.494 e. The smallest absolute Gasteiger partial charge is 0.119 e. The minimum absolute atomic E-state index is 0.590. The van der Waals surface area contributed by atoms with Crippen LogP contribution in [0.3, 0.4) is 0 Å². The highest BCUT2D eigenvalue weighted by atomic mass is 16.5. The number of rotatable bonds is 9. The van der Waals surface area contributed by atoms with Crippen LogP contribution in [-0.4, -0.2) is 6.61 Å². The van der Waals surface area contributed by atoms with E-state index in [9.17, 15) is 0 Å². The van der Waals surface area contributed by atoms with Gasteiger partial charge in [0.1, 0.15) is 5.75 Å². The number of hydrogen-bond acceptors (Lipinski definition) is 1. The first-order valence-electron chi connectivity index (χ1n) is 12.1. The number of hydrogen-bond donors (Lipinski definition) is 0. The Balaban J connectivity index is 1.49. The van der Waals surface area contributed by atoms with Crippen LogP contribution >= 0.6 is 0 Å². The lowest BCUT2D eigenvalue weighted by Gasteiger charge is -2.25. The maximum Gasteiger partial charge on any atom is 0.119 e. The van der Waals surface area contributed by atoms with Crippen LogP contribution in [0.5, 0.6) is 5.75 Å². The van der Waals surface area contributed by atoms with Crippen LogP contribution < -0.4 is 4.74 Å². The minimum atomic E-state index is 0.590. The van der Waals surface area contributed by atoms with Crippen molar-refractivity contribution in [1.82, 2.24) is 0 Å². The number of benzene rings is 2. The molecule has 2 aromatic carbocycles. The van der Waals surface area contributed by atoms with Crippen LogP contribution in [0.25, 0.3) is 11.1 Å². The Morgan fingerprint density at radius 3 is 2.03 bits per heavy atom. The molecule has 1 heteroatoms. The molecule has 1 fully saturated rings. The molecule has 0 radical (unpaired) electrons. The highest BCUT2D eigenvalue weighted by Gasteiger charge is 2.19. The van der Waals surface area contributed by atoms with E-state index in [1.54, 1.807) is 0 Å². The molecule has 1 aliphatic carbocycles. The van der Waals surface area contributed by atoms with Gasteiger partial charge in [0.25, 0.3) is 0 Å². The van der Waals surface area contributed by atoms with E-state index in [-0.39, 0.29) is 0 Å². The summed E-state index contributed by atoms with van der Waals surface area (Å²) in [6.45, 7) is 5.31. The van der Waals surface area contributed by atoms with Crippen molar-refractivity contribution in [2.75, 3.05) is 6.61 Å². The van der Waals surface area contributed by atoms with E-state index in [1.165, 1.54) is 68.9 Å². The van der Waals surface area contributed by atoms with Gasteiger partial charge in [-0.25, -0.2) is 0 Å². The third-order valence-corrected chi connectivity index (χ3v) is 6.32. The van der Waals surface area contributed by atoms with Crippen molar-refractivity contribution in [2.24, 2.45) is 11.8 Å². The molecule has 0 unspecified atom stereocenters. The molecule has 0 bridgehead atoms. The predicted octanol–water partition coefficient (Wildman–Crippen LogP) is 8.27. The van der Waals surface area contributed by atoms with Gasteiger partial charge in [-0.1, -0.05) is 82.1 Å². The normalized spacial score (nSPS) is 18.5. The molecule has 1 aliphatic rings. The summed E-state index contributed by atoms with van der Waals surface area (Å²) in [5.74, 6) is 9.47. The monoisotopic (exact) mass is 402 g/mol. The summed E-state index contributed by atoms with van der Waals surface area (Å²) in [4.78, 5) is 0. The zero-order valence-electron chi connectivity index (χ0n) is 19.0. The Morgan fingerprint density at radius 2 is 1.40 bits per heavy atom. The van der Waals surface area contributed by atoms with Crippen LogP contribution in [0.15, 0.2) is 48.5 Å². The van der Waals surface area contributed by atoms with Gasteiger partial charge >= 0.3 is 0 Å². The minimum Gasteiger partial charge on any atom is -0.494 e. The van der Waals surface area contributed by atoms with Crippen molar-refractivity contribution in [1.29, 1.82) is 0 Å². The molecule has 0 aromatic heterocycles. The van der Waals surface area contributed by atoms with Crippen molar-refractivity contribution >= 4 is 0 Å². The van der Waals surface area contributed by atoms with Crippen LogP contribution in [0, 0.1) is 23.7 Å². The Labute approximate surface area is 184 Å². The predicted molar refractivity (Wildman–Crippen MR) is 129 cm³/mol. The number of unbranched alkanes of at least 4 members (excludes halogenated alkanes) is 3. The molecule has 0 heterocycles. The van der Waals surface area contributed by atoms with Crippen molar-refractivity contribution in [2.45, 2.75) is 78.1 Å². The fraction of sp³-hybridized carbons (Fsp3) is 0.517. The van der Waals surface area contributed by atoms with Gasteiger partial charge in [-0.3, -0.25) is 0 Å². The van der Waals surface area contributed by atoms with Crippen LogP contribution in [-0.2, 0) is 0 Å². The van der Waals surface area contributed by atoms with Crippen LogP contribution in [0.1, 0.15) is 83.6 Å². The van der Waals surface area contributed by atoms with E-state index in [1.807, 2.05) is 0 Å². The molecule has 160 valence electrons. The SMILES string of the molecule is CCCCCOc1ccc(-c2ccc(C#C[C@H]3CC[C@H](CCCC)CC3)cc2)cc1. The highest BCUT2D eigenvalue weighted by molar-refractivity contribution is 5.65. The third-order valence-electron chi connectivity index (χ3n) is 6.32. The number of ether oxygens (including phenoxy) is 1. The summed E-state index contributed by atoms with van der Waals surface area (Å²) in [6.07, 6.45) is 13.0. The first-order valence-corrected chi connectivity index (χ1v) is 12.1. The molecule has 0 aliphatic heterocycles. The van der Waals surface area contributed by atoms with E-state index >= 15 is 0 Å². The van der Waals surface area contributed by atoms with E-state index in [0.717, 1.165) is 30.3 Å². The van der Waals surface area contributed by atoms with Crippen molar-refractivity contribution < 1.29 is 4.74 Å². The van der Waals surface area contributed by atoms with Crippen molar-refractivity contribution in [3.63, 3.8) is 0 Å². The van der Waals surface area contributed by atoms with Crippen LogP contribution in [0.4, 0.5) is 0 Å². The van der Waals surface area contributed by atoms with E-state index in [0.29, 0.717) is 5.92 Å². The molecule has 3 rings (SSSR count). The molecule has 0 atom stereocenters. The van der Waals surface area contributed by atoms with Gasteiger partial charge in [0.05, 0.1) is 6.61 Å². The molecule has 1 nitrogen and oxygen atoms in total. The van der Waals surface area contributed by atoms with E-state index in [2.05, 4.69) is 74.2 Å². The Kier molecular flexibility index (Phi) is 9.36. The Bertz CT molecular complexity index is 783. The summed E-state index contributed by atoms with van der Waals surface area (Å²) in [7, 11) is 0. The first kappa shape index (κ1) is 22.5. The summed E-state index contributed by atoms with van der Waals surface area (Å²) >= 11 is 0. The summed E-state index contributed by atoms with van der Waals surface area (Å²) in [6, 6.07) is 17.1. The van der Waals surface area contributed by atoms with Gasteiger partial charge in [0.15, 0.2) is 0 Å². The molecule has 2 aromatic rings. The summed E-state index contributed by atoms with van der Waals surface area (Å²) in [5.41, 5.74) is 3.58.